The number of amides is 1. The van der Waals surface area contributed by atoms with Crippen LogP contribution in [-0.2, 0) is 4.79 Å². The maximum atomic E-state index is 14.4. The Morgan fingerprint density at radius 3 is 2.60 bits per heavy atom. The molecule has 0 aliphatic carbocycles. The van der Waals surface area contributed by atoms with Crippen LogP contribution in [0.25, 0.3) is 0 Å². The fourth-order valence-electron chi connectivity index (χ4n) is 3.41. The Kier molecular flexibility index (Phi) is 6.72. The first-order chi connectivity index (χ1) is 14.3. The van der Waals surface area contributed by atoms with E-state index < -0.39 is 6.04 Å². The second kappa shape index (κ2) is 9.26. The highest BCUT2D eigenvalue weighted by Crippen LogP contribution is 2.39. The number of methoxy groups -OCH3 is 2. The molecule has 2 aromatic carbocycles. The summed E-state index contributed by atoms with van der Waals surface area (Å²) in [5.74, 6) is 0.756. The van der Waals surface area contributed by atoms with Crippen LogP contribution in [0.3, 0.4) is 0 Å². The molecule has 0 N–H and O–H groups in total. The van der Waals surface area contributed by atoms with Crippen molar-refractivity contribution in [2.45, 2.75) is 32.4 Å². The van der Waals surface area contributed by atoms with Crippen molar-refractivity contribution in [2.75, 3.05) is 27.8 Å². The molecule has 1 atom stereocenters. The van der Waals surface area contributed by atoms with Gasteiger partial charge in [0.1, 0.15) is 17.3 Å². The number of carbonyl (C=O) groups excluding carboxylic acids is 1. The Balaban J connectivity index is 2.03. The zero-order valence-corrected chi connectivity index (χ0v) is 18.1. The Morgan fingerprint density at radius 1 is 1.23 bits per heavy atom. The minimum Gasteiger partial charge on any atom is -0.497 e. The summed E-state index contributed by atoms with van der Waals surface area (Å²) in [6, 6.07) is 11.7. The molecule has 0 saturated carbocycles. The predicted octanol–water partition coefficient (Wildman–Crippen LogP) is 3.86. The molecule has 0 bridgehead atoms. The summed E-state index contributed by atoms with van der Waals surface area (Å²) in [6.45, 7) is 4.25. The standard InChI is InChI=1S/C23H28FN3O3/c1-15(2)26(3)14-23(28)27-21(18-12-16(29-4)10-11-22(18)30-5)13-20(25-27)17-8-6-7-9-19(17)24/h6-12,15,21H,13-14H2,1-5H3. The number of likely N-dealkylation sites (N-methyl/N-ethyl adjacent to an activating group) is 1. The zero-order chi connectivity index (χ0) is 21.8. The number of hydrogen-bond acceptors (Lipinski definition) is 5. The maximum absolute atomic E-state index is 14.4. The molecule has 2 aromatic rings. The lowest BCUT2D eigenvalue weighted by Gasteiger charge is -2.27. The monoisotopic (exact) mass is 413 g/mol. The quantitative estimate of drug-likeness (QED) is 0.692. The van der Waals surface area contributed by atoms with Crippen LogP contribution in [0.2, 0.25) is 0 Å². The molecule has 0 saturated heterocycles. The number of halogens is 1. The van der Waals surface area contributed by atoms with Gasteiger partial charge in [0.2, 0.25) is 0 Å². The van der Waals surface area contributed by atoms with Gasteiger partial charge in [-0.3, -0.25) is 9.69 Å². The van der Waals surface area contributed by atoms with E-state index in [1.165, 1.54) is 11.1 Å². The second-order valence-corrected chi connectivity index (χ2v) is 7.60. The van der Waals surface area contributed by atoms with Crippen LogP contribution in [0.15, 0.2) is 47.6 Å². The number of benzene rings is 2. The summed E-state index contributed by atoms with van der Waals surface area (Å²) in [5.41, 5.74) is 1.70. The predicted molar refractivity (Wildman–Crippen MR) is 114 cm³/mol. The van der Waals surface area contributed by atoms with Crippen molar-refractivity contribution in [3.05, 3.63) is 59.4 Å². The fourth-order valence-corrected chi connectivity index (χ4v) is 3.41. The maximum Gasteiger partial charge on any atom is 0.257 e. The van der Waals surface area contributed by atoms with Crippen LogP contribution in [0.4, 0.5) is 4.39 Å². The fraction of sp³-hybridized carbons (Fsp3) is 0.391. The molecular weight excluding hydrogens is 385 g/mol. The number of hydrogen-bond donors (Lipinski definition) is 0. The molecule has 30 heavy (non-hydrogen) atoms. The number of hydrazone groups is 1. The van der Waals surface area contributed by atoms with Gasteiger partial charge in [0.05, 0.1) is 32.5 Å². The van der Waals surface area contributed by atoms with Crippen LogP contribution >= 0.6 is 0 Å². The lowest BCUT2D eigenvalue weighted by Crippen LogP contribution is -2.39. The lowest BCUT2D eigenvalue weighted by molar-refractivity contribution is -0.134. The van der Waals surface area contributed by atoms with Crippen molar-refractivity contribution in [1.82, 2.24) is 9.91 Å². The van der Waals surface area contributed by atoms with Crippen LogP contribution in [0.5, 0.6) is 11.5 Å². The molecule has 7 heteroatoms. The third-order valence-corrected chi connectivity index (χ3v) is 5.41. The molecule has 1 amide bonds. The summed E-state index contributed by atoms with van der Waals surface area (Å²) < 4.78 is 25.4. The minimum absolute atomic E-state index is 0.160. The normalized spacial score (nSPS) is 16.2. The number of ether oxygens (including phenoxy) is 2. The summed E-state index contributed by atoms with van der Waals surface area (Å²) in [7, 11) is 5.06. The van der Waals surface area contributed by atoms with Gasteiger partial charge in [0.15, 0.2) is 0 Å². The molecule has 1 heterocycles. The molecule has 6 nitrogen and oxygen atoms in total. The molecule has 160 valence electrons. The van der Waals surface area contributed by atoms with Gasteiger partial charge in [-0.1, -0.05) is 18.2 Å². The van der Waals surface area contributed by atoms with E-state index in [0.29, 0.717) is 29.2 Å². The first-order valence-corrected chi connectivity index (χ1v) is 9.92. The van der Waals surface area contributed by atoms with Crippen molar-refractivity contribution in [3.63, 3.8) is 0 Å². The highest BCUT2D eigenvalue weighted by molar-refractivity contribution is 6.03. The van der Waals surface area contributed by atoms with Gasteiger partial charge in [-0.25, -0.2) is 9.40 Å². The lowest BCUT2D eigenvalue weighted by atomic mass is 9.97. The van der Waals surface area contributed by atoms with E-state index >= 15 is 0 Å². The van der Waals surface area contributed by atoms with Gasteiger partial charge in [-0.05, 0) is 45.2 Å². The zero-order valence-electron chi connectivity index (χ0n) is 18.1. The third-order valence-electron chi connectivity index (χ3n) is 5.41. The van der Waals surface area contributed by atoms with Crippen molar-refractivity contribution < 1.29 is 18.7 Å². The summed E-state index contributed by atoms with van der Waals surface area (Å²) >= 11 is 0. The number of rotatable bonds is 7. The van der Waals surface area contributed by atoms with Gasteiger partial charge in [0, 0.05) is 23.6 Å². The van der Waals surface area contributed by atoms with E-state index in [-0.39, 0.29) is 24.3 Å². The van der Waals surface area contributed by atoms with Gasteiger partial charge < -0.3 is 9.47 Å². The Bertz CT molecular complexity index is 945. The van der Waals surface area contributed by atoms with Crippen LogP contribution in [0, 0.1) is 5.82 Å². The Labute approximate surface area is 176 Å². The average Bonchev–Trinajstić information content (AvgIpc) is 3.18. The molecule has 0 spiro atoms. The Hall–Kier alpha value is -2.93. The smallest absolute Gasteiger partial charge is 0.257 e. The van der Waals surface area contributed by atoms with Gasteiger partial charge >= 0.3 is 0 Å². The molecule has 3 rings (SSSR count). The van der Waals surface area contributed by atoms with E-state index in [1.807, 2.05) is 31.9 Å². The third kappa shape index (κ3) is 4.46. The number of carbonyl (C=O) groups is 1. The van der Waals surface area contributed by atoms with Gasteiger partial charge in [-0.15, -0.1) is 0 Å². The second-order valence-electron chi connectivity index (χ2n) is 7.60. The number of nitrogens with zero attached hydrogens (tertiary/aromatic N) is 3. The van der Waals surface area contributed by atoms with Crippen molar-refractivity contribution >= 4 is 11.6 Å². The average molecular weight is 413 g/mol. The molecule has 0 radical (unpaired) electrons. The molecule has 1 aliphatic rings. The SMILES string of the molecule is COc1ccc(OC)c(C2CC(c3ccccc3F)=NN2C(=O)CN(C)C(C)C)c1. The molecule has 0 fully saturated rings. The van der Waals surface area contributed by atoms with Crippen LogP contribution in [0.1, 0.15) is 37.4 Å². The van der Waals surface area contributed by atoms with E-state index in [9.17, 15) is 9.18 Å². The summed E-state index contributed by atoms with van der Waals surface area (Å²) in [6.07, 6.45) is 0.377. The molecule has 0 aromatic heterocycles. The highest BCUT2D eigenvalue weighted by Gasteiger charge is 2.36. The first-order valence-electron chi connectivity index (χ1n) is 9.92. The molecule has 1 unspecified atom stereocenters. The van der Waals surface area contributed by atoms with E-state index in [1.54, 1.807) is 44.6 Å². The van der Waals surface area contributed by atoms with Gasteiger partial charge in [-0.2, -0.15) is 5.10 Å². The first kappa shape index (κ1) is 21.8. The van der Waals surface area contributed by atoms with Crippen LogP contribution in [-0.4, -0.2) is 55.4 Å². The largest absolute Gasteiger partial charge is 0.497 e. The Morgan fingerprint density at radius 2 is 1.97 bits per heavy atom. The topological polar surface area (TPSA) is 54.4 Å². The highest BCUT2D eigenvalue weighted by atomic mass is 19.1. The van der Waals surface area contributed by atoms with E-state index in [2.05, 4.69) is 5.10 Å². The van der Waals surface area contributed by atoms with E-state index in [4.69, 9.17) is 9.47 Å². The molecule has 1 aliphatic heterocycles. The van der Waals surface area contributed by atoms with Crippen molar-refractivity contribution in [3.8, 4) is 11.5 Å². The van der Waals surface area contributed by atoms with Crippen molar-refractivity contribution in [2.24, 2.45) is 5.10 Å². The van der Waals surface area contributed by atoms with Gasteiger partial charge in [0.25, 0.3) is 5.91 Å². The molecular formula is C23H28FN3O3. The summed E-state index contributed by atoms with van der Waals surface area (Å²) in [4.78, 5) is 15.1. The minimum atomic E-state index is -0.419. The van der Waals surface area contributed by atoms with Crippen molar-refractivity contribution in [1.29, 1.82) is 0 Å². The van der Waals surface area contributed by atoms with E-state index in [0.717, 1.165) is 5.56 Å². The van der Waals surface area contributed by atoms with Crippen LogP contribution < -0.4 is 9.47 Å². The summed E-state index contributed by atoms with van der Waals surface area (Å²) in [5, 5.41) is 6.01.